The minimum Gasteiger partial charge on any atom is -0.338 e. The van der Waals surface area contributed by atoms with Crippen molar-refractivity contribution in [2.45, 2.75) is 0 Å². The van der Waals surface area contributed by atoms with Gasteiger partial charge >= 0.3 is 0 Å². The number of nitrogens with zero attached hydrogens (tertiary/aromatic N) is 2. The summed E-state index contributed by atoms with van der Waals surface area (Å²) in [5.41, 5.74) is 3.53. The molecule has 0 bridgehead atoms. The number of fused-ring (bicyclic) bond motifs is 2. The second kappa shape index (κ2) is 8.48. The molecule has 4 nitrogen and oxygen atoms in total. The standard InChI is InChI=1S/C22H21N3O.2ClH/c26-22(25-13-16-11-23-12-17(16)14-25)19-10-21(15-6-2-1-3-7-15)24-20-9-5-4-8-18(19)20;;/h1-10,16-17,23H,11-14H2;2*1H/t16-,17+;;. The van der Waals surface area contributed by atoms with Crippen molar-refractivity contribution in [3.05, 3.63) is 66.2 Å². The highest BCUT2D eigenvalue weighted by molar-refractivity contribution is 6.07. The first-order valence-corrected chi connectivity index (χ1v) is 9.25. The number of para-hydroxylation sites is 1. The van der Waals surface area contributed by atoms with Gasteiger partial charge in [0.2, 0.25) is 0 Å². The zero-order valence-electron chi connectivity index (χ0n) is 15.4. The number of hydrogen-bond acceptors (Lipinski definition) is 3. The van der Waals surface area contributed by atoms with Crippen LogP contribution in [0.3, 0.4) is 0 Å². The number of nitrogens with one attached hydrogen (secondary N) is 1. The van der Waals surface area contributed by atoms with Crippen molar-refractivity contribution in [3.8, 4) is 11.3 Å². The number of likely N-dealkylation sites (tertiary alicyclic amines) is 1. The van der Waals surface area contributed by atoms with E-state index < -0.39 is 0 Å². The summed E-state index contributed by atoms with van der Waals surface area (Å²) in [6.07, 6.45) is 0. The van der Waals surface area contributed by atoms with Crippen LogP contribution in [0.1, 0.15) is 10.4 Å². The van der Waals surface area contributed by atoms with Gasteiger partial charge in [0.1, 0.15) is 0 Å². The average Bonchev–Trinajstić information content (AvgIpc) is 3.29. The fourth-order valence-electron chi connectivity index (χ4n) is 4.30. The minimum absolute atomic E-state index is 0. The minimum atomic E-state index is 0. The first-order valence-electron chi connectivity index (χ1n) is 9.25. The monoisotopic (exact) mass is 415 g/mol. The van der Waals surface area contributed by atoms with E-state index in [9.17, 15) is 4.79 Å². The number of benzene rings is 2. The molecule has 2 atom stereocenters. The Kier molecular flexibility index (Phi) is 6.23. The molecule has 28 heavy (non-hydrogen) atoms. The van der Waals surface area contributed by atoms with Gasteiger partial charge in [-0.1, -0.05) is 48.5 Å². The maximum absolute atomic E-state index is 13.4. The molecule has 2 saturated heterocycles. The number of carbonyl (C=O) groups is 1. The lowest BCUT2D eigenvalue weighted by atomic mass is 10.0. The molecule has 2 aromatic carbocycles. The highest BCUT2D eigenvalue weighted by Crippen LogP contribution is 2.30. The summed E-state index contributed by atoms with van der Waals surface area (Å²) in [6.45, 7) is 3.77. The van der Waals surface area contributed by atoms with E-state index in [-0.39, 0.29) is 30.7 Å². The SMILES string of the molecule is Cl.Cl.O=C(c1cc(-c2ccccc2)nc2ccccc12)N1C[C@H]2CNC[C@H]2C1. The number of amides is 1. The van der Waals surface area contributed by atoms with Crippen molar-refractivity contribution in [3.63, 3.8) is 0 Å². The first-order chi connectivity index (χ1) is 12.8. The Bertz CT molecular complexity index is 968. The van der Waals surface area contributed by atoms with Crippen molar-refractivity contribution in [1.82, 2.24) is 15.2 Å². The topological polar surface area (TPSA) is 45.2 Å². The van der Waals surface area contributed by atoms with E-state index in [2.05, 4.69) is 5.32 Å². The van der Waals surface area contributed by atoms with Crippen molar-refractivity contribution in [1.29, 1.82) is 0 Å². The van der Waals surface area contributed by atoms with Crippen molar-refractivity contribution < 1.29 is 4.79 Å². The lowest BCUT2D eigenvalue weighted by molar-refractivity contribution is 0.0783. The molecule has 1 N–H and O–H groups in total. The second-order valence-electron chi connectivity index (χ2n) is 7.33. The van der Waals surface area contributed by atoms with Gasteiger partial charge in [0.15, 0.2) is 0 Å². The Morgan fingerprint density at radius 3 is 2.29 bits per heavy atom. The first kappa shape index (κ1) is 20.6. The van der Waals surface area contributed by atoms with E-state index in [1.54, 1.807) is 0 Å². The molecule has 3 aromatic rings. The van der Waals surface area contributed by atoms with Crippen molar-refractivity contribution in [2.75, 3.05) is 26.2 Å². The lowest BCUT2D eigenvalue weighted by Gasteiger charge is -2.19. The Balaban J connectivity index is 0.00000112. The Labute approximate surface area is 177 Å². The van der Waals surface area contributed by atoms with Crippen molar-refractivity contribution >= 4 is 41.6 Å². The molecule has 146 valence electrons. The fraction of sp³-hybridized carbons (Fsp3) is 0.273. The van der Waals surface area contributed by atoms with E-state index in [1.165, 1.54) is 0 Å². The Morgan fingerprint density at radius 2 is 1.57 bits per heavy atom. The highest BCUT2D eigenvalue weighted by Gasteiger charge is 2.38. The molecular weight excluding hydrogens is 393 g/mol. The van der Waals surface area contributed by atoms with Gasteiger partial charge in [0.05, 0.1) is 16.8 Å². The Morgan fingerprint density at radius 1 is 0.929 bits per heavy atom. The molecule has 0 saturated carbocycles. The van der Waals surface area contributed by atoms with Crippen LogP contribution in [0.5, 0.6) is 0 Å². The van der Waals surface area contributed by atoms with Gasteiger partial charge in [-0.05, 0) is 24.0 Å². The van der Waals surface area contributed by atoms with Crippen LogP contribution in [0.25, 0.3) is 22.2 Å². The van der Waals surface area contributed by atoms with Gasteiger partial charge in [-0.3, -0.25) is 4.79 Å². The highest BCUT2D eigenvalue weighted by atomic mass is 35.5. The molecule has 0 unspecified atom stereocenters. The van der Waals surface area contributed by atoms with Gasteiger partial charge < -0.3 is 10.2 Å². The van der Waals surface area contributed by atoms with Gasteiger partial charge in [0, 0.05) is 37.1 Å². The summed E-state index contributed by atoms with van der Waals surface area (Å²) >= 11 is 0. The summed E-state index contributed by atoms with van der Waals surface area (Å²) < 4.78 is 0. The molecule has 2 fully saturated rings. The lowest BCUT2D eigenvalue weighted by Crippen LogP contribution is -2.32. The smallest absolute Gasteiger partial charge is 0.254 e. The quantitative estimate of drug-likeness (QED) is 0.686. The van der Waals surface area contributed by atoms with Crippen LogP contribution in [-0.2, 0) is 0 Å². The van der Waals surface area contributed by atoms with Gasteiger partial charge in [-0.2, -0.15) is 0 Å². The third-order valence-corrected chi connectivity index (χ3v) is 5.69. The maximum atomic E-state index is 13.4. The van der Waals surface area contributed by atoms with E-state index in [1.807, 2.05) is 65.6 Å². The van der Waals surface area contributed by atoms with Crippen molar-refractivity contribution in [2.24, 2.45) is 11.8 Å². The molecule has 2 aliphatic heterocycles. The fourth-order valence-corrected chi connectivity index (χ4v) is 4.30. The average molecular weight is 416 g/mol. The molecule has 0 radical (unpaired) electrons. The molecule has 2 aliphatic rings. The normalized spacial score (nSPS) is 20.4. The van der Waals surface area contributed by atoms with E-state index in [0.717, 1.165) is 53.9 Å². The molecular formula is C22H23Cl2N3O. The predicted octanol–water partition coefficient (Wildman–Crippen LogP) is 4.04. The van der Waals surface area contributed by atoms with Gasteiger partial charge in [-0.25, -0.2) is 4.98 Å². The second-order valence-corrected chi connectivity index (χ2v) is 7.33. The molecule has 0 spiro atoms. The molecule has 0 aliphatic carbocycles. The third-order valence-electron chi connectivity index (χ3n) is 5.69. The molecule has 1 aromatic heterocycles. The third kappa shape index (κ3) is 3.60. The molecule has 3 heterocycles. The summed E-state index contributed by atoms with van der Waals surface area (Å²) in [7, 11) is 0. The van der Waals surface area contributed by atoms with E-state index in [0.29, 0.717) is 11.8 Å². The van der Waals surface area contributed by atoms with Gasteiger partial charge in [0.25, 0.3) is 5.91 Å². The number of pyridine rings is 1. The maximum Gasteiger partial charge on any atom is 0.254 e. The van der Waals surface area contributed by atoms with Crippen LogP contribution >= 0.6 is 24.8 Å². The molecule has 6 heteroatoms. The zero-order valence-corrected chi connectivity index (χ0v) is 17.0. The van der Waals surface area contributed by atoms with E-state index >= 15 is 0 Å². The van der Waals surface area contributed by atoms with Crippen LogP contribution in [0.15, 0.2) is 60.7 Å². The van der Waals surface area contributed by atoms with Crippen LogP contribution in [-0.4, -0.2) is 42.0 Å². The summed E-state index contributed by atoms with van der Waals surface area (Å²) in [4.78, 5) is 20.2. The largest absolute Gasteiger partial charge is 0.338 e. The number of halogens is 2. The summed E-state index contributed by atoms with van der Waals surface area (Å²) in [6, 6.07) is 20.0. The predicted molar refractivity (Wildman–Crippen MR) is 117 cm³/mol. The number of aromatic nitrogens is 1. The molecule has 5 rings (SSSR count). The number of hydrogen-bond donors (Lipinski definition) is 1. The summed E-state index contributed by atoms with van der Waals surface area (Å²) in [5.74, 6) is 1.33. The van der Waals surface area contributed by atoms with E-state index in [4.69, 9.17) is 4.98 Å². The zero-order chi connectivity index (χ0) is 17.5. The molecule has 1 amide bonds. The number of rotatable bonds is 2. The van der Waals surface area contributed by atoms with Crippen LogP contribution in [0.2, 0.25) is 0 Å². The Hall–Kier alpha value is -2.14. The van der Waals surface area contributed by atoms with Gasteiger partial charge in [-0.15, -0.1) is 24.8 Å². The van der Waals surface area contributed by atoms with Crippen LogP contribution < -0.4 is 5.32 Å². The summed E-state index contributed by atoms with van der Waals surface area (Å²) in [5, 5.41) is 4.37. The number of carbonyl (C=O) groups excluding carboxylic acids is 1. The van der Waals surface area contributed by atoms with Crippen LogP contribution in [0.4, 0.5) is 0 Å². The van der Waals surface area contributed by atoms with Crippen LogP contribution in [0, 0.1) is 11.8 Å².